The first-order valence-electron chi connectivity index (χ1n) is 10.8. The first-order chi connectivity index (χ1) is 16.2. The number of amides is 1. The van der Waals surface area contributed by atoms with E-state index in [1.54, 1.807) is 32.0 Å². The summed E-state index contributed by atoms with van der Waals surface area (Å²) in [7, 11) is 0. The number of rotatable bonds is 6. The Labute approximate surface area is 202 Å². The quantitative estimate of drug-likeness (QED) is 0.415. The van der Waals surface area contributed by atoms with Crippen molar-refractivity contribution in [3.05, 3.63) is 83.7 Å². The molecule has 3 aromatic rings. The van der Waals surface area contributed by atoms with Crippen molar-refractivity contribution < 1.29 is 19.1 Å². The van der Waals surface area contributed by atoms with Gasteiger partial charge in [0.05, 0.1) is 5.69 Å². The largest absolute Gasteiger partial charge is 0.480 e. The number of carboxylic acid groups (broad SMARTS) is 1. The van der Waals surface area contributed by atoms with Crippen molar-refractivity contribution in [3.63, 3.8) is 0 Å². The summed E-state index contributed by atoms with van der Waals surface area (Å²) < 4.78 is 13.8. The van der Waals surface area contributed by atoms with Gasteiger partial charge in [-0.3, -0.25) is 4.79 Å². The van der Waals surface area contributed by atoms with E-state index in [0.29, 0.717) is 12.1 Å². The highest BCUT2D eigenvalue weighted by Crippen LogP contribution is 2.31. The van der Waals surface area contributed by atoms with Crippen LogP contribution in [0, 0.1) is 11.7 Å². The minimum absolute atomic E-state index is 0.200. The minimum Gasteiger partial charge on any atom is -0.480 e. The molecule has 0 aromatic heterocycles. The normalized spacial score (nSPS) is 13.5. The van der Waals surface area contributed by atoms with Crippen molar-refractivity contribution in [3.8, 4) is 11.1 Å². The van der Waals surface area contributed by atoms with Gasteiger partial charge in [-0.15, -0.1) is 0 Å². The van der Waals surface area contributed by atoms with Crippen LogP contribution in [0.4, 0.5) is 15.8 Å². The molecule has 174 valence electrons. The van der Waals surface area contributed by atoms with Crippen LogP contribution in [-0.4, -0.2) is 33.0 Å². The van der Waals surface area contributed by atoms with E-state index in [-0.39, 0.29) is 22.6 Å². The van der Waals surface area contributed by atoms with Crippen LogP contribution in [0.2, 0.25) is 0 Å². The lowest BCUT2D eigenvalue weighted by Gasteiger charge is -2.27. The van der Waals surface area contributed by atoms with Crippen LogP contribution in [0.1, 0.15) is 29.8 Å². The number of carbonyl (C=O) groups is 2. The highest BCUT2D eigenvalue weighted by Gasteiger charge is 2.38. The maximum atomic E-state index is 13.8. The molecular formula is C26H24FN3O3S. The molecule has 8 heteroatoms. The number of carboxylic acids is 1. The molecule has 1 unspecified atom stereocenters. The Morgan fingerprint density at radius 3 is 2.35 bits per heavy atom. The van der Waals surface area contributed by atoms with E-state index in [4.69, 9.17) is 12.2 Å². The Bertz CT molecular complexity index is 1260. The monoisotopic (exact) mass is 477 g/mol. The number of carbonyl (C=O) groups excluding carboxylic acids is 1. The van der Waals surface area contributed by atoms with Gasteiger partial charge in [0.2, 0.25) is 0 Å². The van der Waals surface area contributed by atoms with E-state index in [1.165, 1.54) is 11.0 Å². The summed E-state index contributed by atoms with van der Waals surface area (Å²) >= 11 is 5.27. The van der Waals surface area contributed by atoms with Gasteiger partial charge in [-0.25, -0.2) is 9.18 Å². The van der Waals surface area contributed by atoms with Crippen LogP contribution in [0.25, 0.3) is 11.1 Å². The van der Waals surface area contributed by atoms with Crippen molar-refractivity contribution in [2.45, 2.75) is 26.4 Å². The maximum absolute atomic E-state index is 13.8. The van der Waals surface area contributed by atoms with Crippen LogP contribution < -0.4 is 10.6 Å². The number of fused-ring (bicyclic) bond motifs is 1. The van der Waals surface area contributed by atoms with Gasteiger partial charge in [0.25, 0.3) is 5.91 Å². The van der Waals surface area contributed by atoms with Crippen LogP contribution >= 0.6 is 12.2 Å². The predicted molar refractivity (Wildman–Crippen MR) is 134 cm³/mol. The molecule has 0 fully saturated rings. The van der Waals surface area contributed by atoms with Crippen molar-refractivity contribution in [1.29, 1.82) is 0 Å². The molecule has 3 aromatic carbocycles. The fourth-order valence-corrected chi connectivity index (χ4v) is 4.33. The van der Waals surface area contributed by atoms with Gasteiger partial charge >= 0.3 is 5.97 Å². The van der Waals surface area contributed by atoms with Gasteiger partial charge in [-0.1, -0.05) is 50.2 Å². The molecule has 0 bridgehead atoms. The number of halogens is 1. The van der Waals surface area contributed by atoms with E-state index in [9.17, 15) is 19.1 Å². The van der Waals surface area contributed by atoms with Crippen molar-refractivity contribution in [1.82, 2.24) is 4.90 Å². The first-order valence-corrected chi connectivity index (χ1v) is 11.2. The summed E-state index contributed by atoms with van der Waals surface area (Å²) in [6.07, 6.45) is 0. The van der Waals surface area contributed by atoms with Gasteiger partial charge in [0, 0.05) is 17.8 Å². The number of aliphatic carboxylic acids is 1. The van der Waals surface area contributed by atoms with Crippen LogP contribution in [0.5, 0.6) is 0 Å². The first kappa shape index (κ1) is 23.4. The number of thiocarbonyl (C=S) groups is 1. The zero-order valence-corrected chi connectivity index (χ0v) is 19.5. The van der Waals surface area contributed by atoms with Crippen molar-refractivity contribution in [2.75, 3.05) is 10.6 Å². The molecule has 3 N–H and O–H groups in total. The second-order valence-electron chi connectivity index (χ2n) is 8.47. The van der Waals surface area contributed by atoms with Gasteiger partial charge in [0.15, 0.2) is 5.11 Å². The molecule has 1 aliphatic rings. The van der Waals surface area contributed by atoms with Crippen LogP contribution in [-0.2, 0) is 11.3 Å². The zero-order chi connectivity index (χ0) is 24.4. The molecule has 34 heavy (non-hydrogen) atoms. The molecular weight excluding hydrogens is 453 g/mol. The average molecular weight is 478 g/mol. The molecule has 0 spiro atoms. The summed E-state index contributed by atoms with van der Waals surface area (Å²) in [5.74, 6) is -1.85. The number of para-hydroxylation sites is 1. The zero-order valence-electron chi connectivity index (χ0n) is 18.7. The lowest BCUT2D eigenvalue weighted by molar-refractivity contribution is -0.144. The number of nitrogens with one attached hydrogen (secondary N) is 2. The molecule has 4 rings (SSSR count). The van der Waals surface area contributed by atoms with E-state index in [1.807, 2.05) is 42.5 Å². The number of nitrogens with zero attached hydrogens (tertiary/aromatic N) is 1. The minimum atomic E-state index is -0.998. The third-order valence-electron chi connectivity index (χ3n) is 5.76. The number of hydrogen-bond donors (Lipinski definition) is 3. The maximum Gasteiger partial charge on any atom is 0.326 e. The summed E-state index contributed by atoms with van der Waals surface area (Å²) in [5.41, 5.74) is 4.11. The molecule has 0 saturated heterocycles. The molecule has 1 atom stereocenters. The topological polar surface area (TPSA) is 81.7 Å². The lowest BCUT2D eigenvalue weighted by Crippen LogP contribution is -2.44. The predicted octanol–water partition coefficient (Wildman–Crippen LogP) is 5.37. The van der Waals surface area contributed by atoms with Crippen molar-refractivity contribution in [2.24, 2.45) is 5.92 Å². The summed E-state index contributed by atoms with van der Waals surface area (Å²) in [5, 5.41) is 15.7. The number of benzene rings is 3. The summed E-state index contributed by atoms with van der Waals surface area (Å²) in [6.45, 7) is 3.89. The fraction of sp³-hybridized carbons (Fsp3) is 0.192. The van der Waals surface area contributed by atoms with Gasteiger partial charge in [-0.2, -0.15) is 0 Å². The third-order valence-corrected chi connectivity index (χ3v) is 5.96. The van der Waals surface area contributed by atoms with E-state index in [0.717, 1.165) is 22.4 Å². The second-order valence-corrected chi connectivity index (χ2v) is 8.88. The second kappa shape index (κ2) is 9.61. The molecule has 1 aliphatic heterocycles. The highest BCUT2D eigenvalue weighted by molar-refractivity contribution is 7.80. The fourth-order valence-electron chi connectivity index (χ4n) is 4.10. The number of hydrogen-bond acceptors (Lipinski definition) is 3. The lowest BCUT2D eigenvalue weighted by atomic mass is 10.00. The summed E-state index contributed by atoms with van der Waals surface area (Å²) in [6, 6.07) is 18.5. The molecule has 1 amide bonds. The van der Waals surface area contributed by atoms with E-state index in [2.05, 4.69) is 10.6 Å². The Balaban J connectivity index is 1.47. The van der Waals surface area contributed by atoms with Gasteiger partial charge in [-0.05, 0) is 65.2 Å². The molecule has 1 heterocycles. The van der Waals surface area contributed by atoms with E-state index >= 15 is 0 Å². The Kier molecular flexibility index (Phi) is 6.61. The molecule has 0 aliphatic carbocycles. The Hall–Kier alpha value is -3.78. The number of anilines is 2. The Morgan fingerprint density at radius 1 is 1.03 bits per heavy atom. The smallest absolute Gasteiger partial charge is 0.326 e. The standard InChI is InChI=1S/C26H24FN3O3S/c1-15(2)23(25(32)33)30-14-18-8-7-17(13-20(18)24(30)31)16-9-11-19(12-10-16)28-26(34)29-22-6-4-3-5-21(22)27/h3-13,15,23H,14H2,1-2H3,(H,32,33)(H2,28,29,34). The highest BCUT2D eigenvalue weighted by atomic mass is 32.1. The van der Waals surface area contributed by atoms with Gasteiger partial charge in [0.1, 0.15) is 11.9 Å². The Morgan fingerprint density at radius 2 is 1.71 bits per heavy atom. The molecule has 0 radical (unpaired) electrons. The SMILES string of the molecule is CC(C)C(C(=O)O)N1Cc2ccc(-c3ccc(NC(=S)Nc4ccccc4F)cc3)cc2C1=O. The van der Waals surface area contributed by atoms with Crippen LogP contribution in [0.3, 0.4) is 0 Å². The third kappa shape index (κ3) is 4.77. The van der Waals surface area contributed by atoms with Crippen molar-refractivity contribution >= 4 is 40.6 Å². The summed E-state index contributed by atoms with van der Waals surface area (Å²) in [4.78, 5) is 26.1. The average Bonchev–Trinajstić information content (AvgIpc) is 3.11. The molecule has 6 nitrogen and oxygen atoms in total. The van der Waals surface area contributed by atoms with Gasteiger partial charge < -0.3 is 20.6 Å². The van der Waals surface area contributed by atoms with Crippen LogP contribution in [0.15, 0.2) is 66.7 Å². The molecule has 0 saturated carbocycles. The van der Waals surface area contributed by atoms with E-state index < -0.39 is 17.8 Å².